The summed E-state index contributed by atoms with van der Waals surface area (Å²) >= 11 is 0. The van der Waals surface area contributed by atoms with Crippen molar-refractivity contribution in [3.8, 4) is 0 Å². The highest BCUT2D eigenvalue weighted by atomic mass is 16.5. The molecule has 0 spiro atoms. The van der Waals surface area contributed by atoms with Crippen molar-refractivity contribution in [1.29, 1.82) is 0 Å². The number of aryl methyl sites for hydroxylation is 1. The molecule has 0 aliphatic rings. The molecule has 3 heterocycles. The molecule has 7 heteroatoms. The number of ether oxygens (including phenoxy) is 1. The molecule has 0 atom stereocenters. The Bertz CT molecular complexity index is 813. The predicted octanol–water partition coefficient (Wildman–Crippen LogP) is 1.49. The standard InChI is InChI=1S/C16H22N6O/c1-23-10-6-12-21-14-15(22(12)9-3-2-7-17)13-11(20-16(14)18)5-4-8-19-13/h4-5,8H,2-3,6-7,9-10,17H2,1H3,(H2,18,20). The maximum absolute atomic E-state index is 6.12. The maximum Gasteiger partial charge on any atom is 0.152 e. The van der Waals surface area contributed by atoms with Gasteiger partial charge in [-0.1, -0.05) is 0 Å². The number of imidazole rings is 1. The molecular formula is C16H22N6O. The molecule has 0 aromatic carbocycles. The molecule has 0 unspecified atom stereocenters. The van der Waals surface area contributed by atoms with Crippen molar-refractivity contribution < 1.29 is 4.74 Å². The van der Waals surface area contributed by atoms with E-state index >= 15 is 0 Å². The van der Waals surface area contributed by atoms with Gasteiger partial charge in [0.2, 0.25) is 0 Å². The average molecular weight is 314 g/mol. The van der Waals surface area contributed by atoms with Crippen molar-refractivity contribution in [2.45, 2.75) is 25.8 Å². The minimum absolute atomic E-state index is 0.441. The van der Waals surface area contributed by atoms with E-state index in [-0.39, 0.29) is 0 Å². The van der Waals surface area contributed by atoms with E-state index < -0.39 is 0 Å². The number of hydrogen-bond acceptors (Lipinski definition) is 6. The number of hydrogen-bond donors (Lipinski definition) is 2. The van der Waals surface area contributed by atoms with Crippen LogP contribution in [0.15, 0.2) is 18.3 Å². The van der Waals surface area contributed by atoms with Crippen molar-refractivity contribution >= 4 is 27.9 Å². The Hall–Kier alpha value is -2.25. The topological polar surface area (TPSA) is 105 Å². The number of nitrogens with zero attached hydrogens (tertiary/aromatic N) is 4. The lowest BCUT2D eigenvalue weighted by Crippen LogP contribution is -2.09. The minimum Gasteiger partial charge on any atom is -0.384 e. The van der Waals surface area contributed by atoms with Gasteiger partial charge in [-0.2, -0.15) is 0 Å². The first kappa shape index (κ1) is 15.6. The molecule has 0 aliphatic heterocycles. The zero-order chi connectivity index (χ0) is 16.2. The van der Waals surface area contributed by atoms with Crippen LogP contribution in [-0.2, 0) is 17.7 Å². The molecular weight excluding hydrogens is 292 g/mol. The number of anilines is 1. The van der Waals surface area contributed by atoms with E-state index in [2.05, 4.69) is 14.5 Å². The molecule has 0 saturated carbocycles. The highest BCUT2D eigenvalue weighted by Gasteiger charge is 2.17. The van der Waals surface area contributed by atoms with Gasteiger partial charge in [0.05, 0.1) is 12.1 Å². The van der Waals surface area contributed by atoms with Gasteiger partial charge in [0.15, 0.2) is 5.82 Å². The van der Waals surface area contributed by atoms with Gasteiger partial charge in [0.1, 0.15) is 22.4 Å². The van der Waals surface area contributed by atoms with Gasteiger partial charge >= 0.3 is 0 Å². The van der Waals surface area contributed by atoms with E-state index in [0.29, 0.717) is 19.0 Å². The Balaban J connectivity index is 2.19. The van der Waals surface area contributed by atoms with Crippen LogP contribution in [0.1, 0.15) is 18.7 Å². The second kappa shape index (κ2) is 6.89. The highest BCUT2D eigenvalue weighted by Crippen LogP contribution is 2.27. The summed E-state index contributed by atoms with van der Waals surface area (Å²) in [5.74, 6) is 1.39. The molecule has 0 radical (unpaired) electrons. The average Bonchev–Trinajstić information content (AvgIpc) is 2.93. The summed E-state index contributed by atoms with van der Waals surface area (Å²) in [7, 11) is 1.69. The van der Waals surface area contributed by atoms with Gasteiger partial charge < -0.3 is 20.8 Å². The van der Waals surface area contributed by atoms with E-state index in [9.17, 15) is 0 Å². The number of nitrogen functional groups attached to an aromatic ring is 1. The fourth-order valence-electron chi connectivity index (χ4n) is 2.81. The van der Waals surface area contributed by atoms with Crippen molar-refractivity contribution in [3.05, 3.63) is 24.2 Å². The van der Waals surface area contributed by atoms with Gasteiger partial charge in [0.25, 0.3) is 0 Å². The highest BCUT2D eigenvalue weighted by molar-refractivity contribution is 6.04. The summed E-state index contributed by atoms with van der Waals surface area (Å²) in [6.45, 7) is 2.13. The smallest absolute Gasteiger partial charge is 0.152 e. The number of unbranched alkanes of at least 4 members (excludes halogenated alkanes) is 1. The Kier molecular flexibility index (Phi) is 4.68. The van der Waals surface area contributed by atoms with E-state index in [0.717, 1.165) is 53.7 Å². The lowest BCUT2D eigenvalue weighted by molar-refractivity contribution is 0.199. The molecule has 0 saturated heterocycles. The second-order valence-electron chi connectivity index (χ2n) is 5.48. The number of nitrogens with two attached hydrogens (primary N) is 2. The van der Waals surface area contributed by atoms with Crippen LogP contribution < -0.4 is 11.5 Å². The van der Waals surface area contributed by atoms with Gasteiger partial charge in [0, 0.05) is 26.3 Å². The lowest BCUT2D eigenvalue weighted by Gasteiger charge is -2.10. The molecule has 3 aromatic rings. The summed E-state index contributed by atoms with van der Waals surface area (Å²) in [6.07, 6.45) is 4.45. The normalized spacial score (nSPS) is 11.6. The van der Waals surface area contributed by atoms with Gasteiger partial charge in [-0.3, -0.25) is 4.98 Å². The van der Waals surface area contributed by atoms with Crippen LogP contribution in [0.4, 0.5) is 5.82 Å². The largest absolute Gasteiger partial charge is 0.384 e. The van der Waals surface area contributed by atoms with Crippen molar-refractivity contribution in [2.24, 2.45) is 5.73 Å². The van der Waals surface area contributed by atoms with Crippen LogP contribution in [0.3, 0.4) is 0 Å². The number of fused-ring (bicyclic) bond motifs is 3. The third kappa shape index (κ3) is 2.97. The van der Waals surface area contributed by atoms with Crippen LogP contribution >= 0.6 is 0 Å². The third-order valence-corrected chi connectivity index (χ3v) is 3.91. The zero-order valence-corrected chi connectivity index (χ0v) is 13.3. The Morgan fingerprint density at radius 2 is 2.09 bits per heavy atom. The molecule has 4 N–H and O–H groups in total. The van der Waals surface area contributed by atoms with E-state index in [1.807, 2.05) is 12.1 Å². The maximum atomic E-state index is 6.12. The van der Waals surface area contributed by atoms with Gasteiger partial charge in [-0.25, -0.2) is 9.97 Å². The van der Waals surface area contributed by atoms with E-state index in [4.69, 9.17) is 21.2 Å². The first-order chi connectivity index (χ1) is 11.3. The molecule has 0 aliphatic carbocycles. The molecule has 3 aromatic heterocycles. The van der Waals surface area contributed by atoms with Crippen molar-refractivity contribution in [2.75, 3.05) is 26.0 Å². The Morgan fingerprint density at radius 1 is 1.22 bits per heavy atom. The zero-order valence-electron chi connectivity index (χ0n) is 13.3. The van der Waals surface area contributed by atoms with Crippen LogP contribution in [0.25, 0.3) is 22.1 Å². The summed E-state index contributed by atoms with van der Waals surface area (Å²) in [6, 6.07) is 3.78. The number of methoxy groups -OCH3 is 1. The quantitative estimate of drug-likeness (QED) is 0.640. The fourth-order valence-corrected chi connectivity index (χ4v) is 2.81. The number of aromatic nitrogens is 4. The Labute approximate surface area is 134 Å². The first-order valence-corrected chi connectivity index (χ1v) is 7.84. The molecule has 0 bridgehead atoms. The monoisotopic (exact) mass is 314 g/mol. The summed E-state index contributed by atoms with van der Waals surface area (Å²) in [5, 5.41) is 0. The molecule has 3 rings (SSSR count). The second-order valence-corrected chi connectivity index (χ2v) is 5.48. The minimum atomic E-state index is 0.441. The molecule has 23 heavy (non-hydrogen) atoms. The van der Waals surface area contributed by atoms with Crippen LogP contribution in [0.2, 0.25) is 0 Å². The van der Waals surface area contributed by atoms with E-state index in [1.165, 1.54) is 0 Å². The molecule has 0 amide bonds. The third-order valence-electron chi connectivity index (χ3n) is 3.91. The predicted molar refractivity (Wildman–Crippen MR) is 91.1 cm³/mol. The molecule has 0 fully saturated rings. The summed E-state index contributed by atoms with van der Waals surface area (Å²) in [4.78, 5) is 13.6. The fraction of sp³-hybridized carbons (Fsp3) is 0.438. The van der Waals surface area contributed by atoms with Crippen molar-refractivity contribution in [1.82, 2.24) is 19.5 Å². The van der Waals surface area contributed by atoms with Crippen LogP contribution in [-0.4, -0.2) is 39.8 Å². The molecule has 7 nitrogen and oxygen atoms in total. The SMILES string of the molecule is COCCc1nc2c(N)nc3cccnc3c2n1CCCCN. The Morgan fingerprint density at radius 3 is 2.87 bits per heavy atom. The number of pyridine rings is 2. The van der Waals surface area contributed by atoms with Crippen LogP contribution in [0.5, 0.6) is 0 Å². The summed E-state index contributed by atoms with van der Waals surface area (Å²) in [5.41, 5.74) is 15.0. The molecule has 122 valence electrons. The van der Waals surface area contributed by atoms with Gasteiger partial charge in [-0.15, -0.1) is 0 Å². The summed E-state index contributed by atoms with van der Waals surface area (Å²) < 4.78 is 7.40. The lowest BCUT2D eigenvalue weighted by atomic mass is 10.2. The number of rotatable bonds is 7. The van der Waals surface area contributed by atoms with Gasteiger partial charge in [-0.05, 0) is 31.5 Å². The first-order valence-electron chi connectivity index (χ1n) is 7.84. The van der Waals surface area contributed by atoms with Crippen LogP contribution in [0, 0.1) is 0 Å². The van der Waals surface area contributed by atoms with Crippen molar-refractivity contribution in [3.63, 3.8) is 0 Å². The van der Waals surface area contributed by atoms with E-state index in [1.54, 1.807) is 13.3 Å².